The summed E-state index contributed by atoms with van der Waals surface area (Å²) in [7, 11) is 0. The van der Waals surface area contributed by atoms with Crippen LogP contribution in [-0.2, 0) is 4.74 Å². The molecule has 0 bridgehead atoms. The molecule has 4 rings (SSSR count). The normalized spacial score (nSPS) is 26.7. The van der Waals surface area contributed by atoms with Crippen molar-refractivity contribution in [2.45, 2.75) is 30.5 Å². The average Bonchev–Trinajstić information content (AvgIpc) is 2.73. The van der Waals surface area contributed by atoms with Gasteiger partial charge in [0.25, 0.3) is 0 Å². The highest BCUT2D eigenvalue weighted by atomic mass is 16.5. The third kappa shape index (κ3) is 3.32. The molecule has 30 heavy (non-hydrogen) atoms. The zero-order valence-corrected chi connectivity index (χ0v) is 15.6. The molecule has 1 aliphatic rings. The van der Waals surface area contributed by atoms with Gasteiger partial charge in [-0.2, -0.15) is 0 Å². The van der Waals surface area contributed by atoms with Gasteiger partial charge in [0.1, 0.15) is 58.7 Å². The molecule has 5 atom stereocenters. The fourth-order valence-corrected chi connectivity index (χ4v) is 3.63. The summed E-state index contributed by atoms with van der Waals surface area (Å²) in [5.41, 5.74) is 0.528. The highest BCUT2D eigenvalue weighted by Gasteiger charge is 2.47. The Morgan fingerprint density at radius 3 is 2.20 bits per heavy atom. The van der Waals surface area contributed by atoms with Crippen molar-refractivity contribution in [2.24, 2.45) is 0 Å². The fourth-order valence-electron chi connectivity index (χ4n) is 3.63. The van der Waals surface area contributed by atoms with Crippen LogP contribution in [0.2, 0.25) is 0 Å². The van der Waals surface area contributed by atoms with Gasteiger partial charge in [-0.3, -0.25) is 0 Å². The summed E-state index contributed by atoms with van der Waals surface area (Å²) in [5, 5.41) is 70.5. The number of ether oxygens (including phenoxy) is 1. The van der Waals surface area contributed by atoms with Crippen LogP contribution >= 0.6 is 0 Å². The van der Waals surface area contributed by atoms with Crippen LogP contribution in [0.1, 0.15) is 11.7 Å². The summed E-state index contributed by atoms with van der Waals surface area (Å²) in [4.78, 5) is 0. The Kier molecular flexibility index (Phi) is 5.22. The van der Waals surface area contributed by atoms with E-state index in [1.807, 2.05) is 0 Å². The molecule has 9 nitrogen and oxygen atoms in total. The third-order valence-electron chi connectivity index (χ3n) is 5.26. The van der Waals surface area contributed by atoms with Crippen molar-refractivity contribution in [3.8, 4) is 28.6 Å². The molecule has 0 amide bonds. The highest BCUT2D eigenvalue weighted by Crippen LogP contribution is 2.44. The van der Waals surface area contributed by atoms with Gasteiger partial charge in [-0.05, 0) is 30.3 Å². The summed E-state index contributed by atoms with van der Waals surface area (Å²) in [6.45, 7) is -0.631. The second kappa shape index (κ2) is 7.71. The monoisotopic (exact) mass is 417 g/mol. The molecule has 0 radical (unpaired) electrons. The van der Waals surface area contributed by atoms with Crippen LogP contribution in [0.15, 0.2) is 46.9 Å². The first-order valence-corrected chi connectivity index (χ1v) is 9.23. The molecule has 2 heterocycles. The first-order chi connectivity index (χ1) is 14.3. The van der Waals surface area contributed by atoms with E-state index in [2.05, 4.69) is 0 Å². The lowest BCUT2D eigenvalue weighted by Gasteiger charge is -2.39. The second-order valence-electron chi connectivity index (χ2n) is 7.17. The molecule has 1 aromatic heterocycles. The van der Waals surface area contributed by atoms with Crippen molar-refractivity contribution in [1.29, 1.82) is 0 Å². The zero-order valence-electron chi connectivity index (χ0n) is 15.6. The minimum absolute atomic E-state index is 0.0117. The number of fused-ring (bicyclic) bond motifs is 1. The molecule has 0 aliphatic carbocycles. The molecule has 158 valence electrons. The molecule has 3 aromatic rings. The first kappa shape index (κ1) is 20.3. The molecule has 1 saturated heterocycles. The van der Waals surface area contributed by atoms with E-state index in [0.29, 0.717) is 11.3 Å². The number of aromatic hydroxyl groups is 3. The number of phenols is 3. The Hall–Kier alpha value is -2.95. The van der Waals surface area contributed by atoms with Crippen LogP contribution in [0.3, 0.4) is 0 Å². The Morgan fingerprint density at radius 1 is 0.833 bits per heavy atom. The topological polar surface area (TPSA) is 162 Å². The largest absolute Gasteiger partial charge is 0.508 e. The molecule has 7 N–H and O–H groups in total. The van der Waals surface area contributed by atoms with Crippen molar-refractivity contribution >= 4 is 11.0 Å². The van der Waals surface area contributed by atoms with E-state index in [1.54, 1.807) is 24.3 Å². The Balaban J connectivity index is 1.90. The molecule has 2 aromatic carbocycles. The molecule has 0 spiro atoms. The predicted molar refractivity (Wildman–Crippen MR) is 104 cm³/mol. The molecule has 0 saturated carbocycles. The second-order valence-corrected chi connectivity index (χ2v) is 7.17. The van der Waals surface area contributed by atoms with Gasteiger partial charge in [0, 0.05) is 12.1 Å². The molecule has 1 aliphatic heterocycles. The SMILES string of the molecule is OC[C@H]1O[C@@H](c2c(O)cc(O)c3ccc(-c4ccc(O)cc4)[o+]c23)[C@H](O)[C@@H](O)[C@@H]1O. The predicted octanol–water partition coefficient (Wildman–Crippen LogP) is 1.01. The highest BCUT2D eigenvalue weighted by molar-refractivity contribution is 5.89. The molecule has 1 fully saturated rings. The van der Waals surface area contributed by atoms with Crippen LogP contribution in [-0.4, -0.2) is 66.8 Å². The van der Waals surface area contributed by atoms with Gasteiger partial charge in [0.15, 0.2) is 0 Å². The van der Waals surface area contributed by atoms with E-state index in [-0.39, 0.29) is 28.0 Å². The van der Waals surface area contributed by atoms with Crippen molar-refractivity contribution in [3.05, 3.63) is 48.0 Å². The lowest BCUT2D eigenvalue weighted by Crippen LogP contribution is -2.55. The van der Waals surface area contributed by atoms with E-state index in [1.165, 1.54) is 12.1 Å². The summed E-state index contributed by atoms with van der Waals surface area (Å²) in [5.74, 6) is -0.344. The molecular weight excluding hydrogens is 396 g/mol. The first-order valence-electron chi connectivity index (χ1n) is 9.23. The number of hydrogen-bond donors (Lipinski definition) is 7. The van der Waals surface area contributed by atoms with Crippen molar-refractivity contribution < 1.29 is 44.9 Å². The smallest absolute Gasteiger partial charge is 0.374 e. The quantitative estimate of drug-likeness (QED) is 0.308. The maximum Gasteiger partial charge on any atom is 0.374 e. The van der Waals surface area contributed by atoms with Gasteiger partial charge in [-0.25, -0.2) is 4.42 Å². The number of phenolic OH excluding ortho intramolecular Hbond substituents is 3. The maximum atomic E-state index is 10.5. The number of rotatable bonds is 3. The van der Waals surface area contributed by atoms with Gasteiger partial charge in [0.2, 0.25) is 0 Å². The van der Waals surface area contributed by atoms with Crippen molar-refractivity contribution in [1.82, 2.24) is 0 Å². The Bertz CT molecular complexity index is 1060. The minimum Gasteiger partial charge on any atom is -0.508 e. The van der Waals surface area contributed by atoms with Crippen LogP contribution < -0.4 is 0 Å². The van der Waals surface area contributed by atoms with E-state index in [0.717, 1.165) is 6.07 Å². The van der Waals surface area contributed by atoms with Gasteiger partial charge < -0.3 is 40.5 Å². The lowest BCUT2D eigenvalue weighted by atomic mass is 9.90. The summed E-state index contributed by atoms with van der Waals surface area (Å²) < 4.78 is 11.5. The summed E-state index contributed by atoms with van der Waals surface area (Å²) >= 11 is 0. The number of aliphatic hydroxyl groups is 4. The lowest BCUT2D eigenvalue weighted by molar-refractivity contribution is -0.231. The number of aliphatic hydroxyl groups excluding tert-OH is 4. The van der Waals surface area contributed by atoms with Crippen molar-refractivity contribution in [2.75, 3.05) is 6.61 Å². The number of benzene rings is 2. The summed E-state index contributed by atoms with van der Waals surface area (Å²) in [6, 6.07) is 10.3. The van der Waals surface area contributed by atoms with Gasteiger partial charge in [-0.15, -0.1) is 0 Å². The van der Waals surface area contributed by atoms with E-state index < -0.39 is 42.9 Å². The Morgan fingerprint density at radius 2 is 1.53 bits per heavy atom. The maximum absolute atomic E-state index is 10.5. The summed E-state index contributed by atoms with van der Waals surface area (Å²) in [6.07, 6.45) is -7.39. The molecular formula is C21H21O9+. The van der Waals surface area contributed by atoms with Crippen molar-refractivity contribution in [3.63, 3.8) is 0 Å². The van der Waals surface area contributed by atoms with Crippen LogP contribution in [0.5, 0.6) is 17.2 Å². The van der Waals surface area contributed by atoms with Crippen LogP contribution in [0.4, 0.5) is 0 Å². The Labute approximate surface area is 170 Å². The van der Waals surface area contributed by atoms with Gasteiger partial charge >= 0.3 is 11.3 Å². The van der Waals surface area contributed by atoms with Gasteiger partial charge in [0.05, 0.1) is 12.2 Å². The van der Waals surface area contributed by atoms with E-state index >= 15 is 0 Å². The van der Waals surface area contributed by atoms with E-state index in [9.17, 15) is 35.7 Å². The third-order valence-corrected chi connectivity index (χ3v) is 5.26. The standard InChI is InChI=1S/C21H20O9/c22-8-15-17(26)18(27)19(28)21(30-15)16-13(25)7-12(24)11-5-6-14(29-20(11)16)9-1-3-10(23)4-2-9/h1-7,15,17-19,21-22,26-28H,8H2,(H2-,23,24,25)/p+1/t15-,17-,18+,19-,21+/m1/s1. The minimum atomic E-state index is -1.65. The fraction of sp³-hybridized carbons (Fsp3) is 0.286. The molecule has 0 unspecified atom stereocenters. The number of hydrogen-bond acceptors (Lipinski definition) is 8. The van der Waals surface area contributed by atoms with Gasteiger partial charge in [-0.1, -0.05) is 0 Å². The van der Waals surface area contributed by atoms with Crippen LogP contribution in [0, 0.1) is 0 Å². The average molecular weight is 417 g/mol. The van der Waals surface area contributed by atoms with E-state index in [4.69, 9.17) is 9.15 Å². The molecule has 9 heteroatoms. The zero-order chi connectivity index (χ0) is 21.6. The van der Waals surface area contributed by atoms with Crippen LogP contribution in [0.25, 0.3) is 22.3 Å².